The molecule has 0 aromatic heterocycles. The van der Waals surface area contributed by atoms with Crippen LogP contribution in [0.4, 0.5) is 11.4 Å². The number of carbonyl (C=O) groups is 6. The molecule has 6 unspecified atom stereocenters. The van der Waals surface area contributed by atoms with Gasteiger partial charge in [0, 0.05) is 20.2 Å². The van der Waals surface area contributed by atoms with Gasteiger partial charge in [-0.15, -0.1) is 0 Å². The molecule has 356 valence electrons. The minimum Gasteiger partial charge on any atom is -0.481 e. The molecule has 0 fully saturated rings. The summed E-state index contributed by atoms with van der Waals surface area (Å²) in [5, 5.41) is 118. The maximum atomic E-state index is 12.7. The first-order valence-corrected chi connectivity index (χ1v) is 23.7. The van der Waals surface area contributed by atoms with Gasteiger partial charge in [0.25, 0.3) is 23.6 Å². The van der Waals surface area contributed by atoms with Crippen molar-refractivity contribution in [2.75, 3.05) is 64.2 Å². The molecule has 0 saturated heterocycles. The van der Waals surface area contributed by atoms with Crippen LogP contribution in [0.5, 0.6) is 0 Å². The van der Waals surface area contributed by atoms with E-state index in [1.165, 1.54) is 0 Å². The van der Waals surface area contributed by atoms with E-state index in [0.29, 0.717) is 14.3 Å². The van der Waals surface area contributed by atoms with Crippen LogP contribution in [-0.2, 0) is 9.59 Å². The van der Waals surface area contributed by atoms with Gasteiger partial charge >= 0.3 is 11.9 Å². The molecule has 0 saturated carbocycles. The number of hydrogen-bond acceptors (Lipinski definition) is 18. The SMILES string of the molecule is Nc1c(I)c(C(=O)NCC(O)CO)c(I)c(C(=O)NC(CO)C(O)CO)c1I.Nc1c(I)c(C(=O)NCC(O)CO)c(I)c(C(=O)NC(CO)C(O)CO)c1I.O=C(O)CC(=O)O. The Bertz CT molecular complexity index is 1800. The predicted octanol–water partition coefficient (Wildman–Crippen LogP) is -3.24. The van der Waals surface area contributed by atoms with Gasteiger partial charge < -0.3 is 94.0 Å². The highest BCUT2D eigenvalue weighted by Crippen LogP contribution is 2.35. The molecule has 4 amide bonds. The number of benzene rings is 2. The van der Waals surface area contributed by atoms with Crippen molar-refractivity contribution in [1.29, 1.82) is 0 Å². The van der Waals surface area contributed by atoms with E-state index < -0.39 is 118 Å². The number of aliphatic carboxylic acids is 2. The molecule has 20 N–H and O–H groups in total. The number of hydrogen-bond donors (Lipinski definition) is 18. The third-order valence-electron chi connectivity index (χ3n) is 7.66. The number of nitrogens with one attached hydrogen (secondary N) is 4. The van der Waals surface area contributed by atoms with Crippen molar-refractivity contribution in [1.82, 2.24) is 21.3 Å². The van der Waals surface area contributed by atoms with Gasteiger partial charge in [-0.2, -0.15) is 0 Å². The Hall–Kier alpha value is -1.16. The van der Waals surface area contributed by atoms with Crippen LogP contribution in [-0.4, -0.2) is 186 Å². The second-order valence-corrected chi connectivity index (χ2v) is 18.8. The number of halogens is 6. The maximum Gasteiger partial charge on any atom is 0.314 e. The van der Waals surface area contributed by atoms with Gasteiger partial charge in [0.2, 0.25) is 0 Å². The summed E-state index contributed by atoms with van der Waals surface area (Å²) in [6, 6.07) is -2.22. The first kappa shape index (κ1) is 61.8. The highest BCUT2D eigenvalue weighted by Gasteiger charge is 2.31. The summed E-state index contributed by atoms with van der Waals surface area (Å²) in [5.74, 6) is -5.18. The molecule has 0 radical (unpaired) electrons. The van der Waals surface area contributed by atoms with Gasteiger partial charge in [-0.05, 0) is 136 Å². The van der Waals surface area contributed by atoms with Crippen LogP contribution in [0, 0.1) is 21.4 Å². The van der Waals surface area contributed by atoms with E-state index in [2.05, 4.69) is 21.3 Å². The molecule has 0 aliphatic heterocycles. The predicted molar refractivity (Wildman–Crippen MR) is 272 cm³/mol. The van der Waals surface area contributed by atoms with E-state index in [4.69, 9.17) is 42.1 Å². The third-order valence-corrected chi connectivity index (χ3v) is 14.3. The van der Waals surface area contributed by atoms with Crippen LogP contribution in [0.1, 0.15) is 47.9 Å². The number of aliphatic hydroxyl groups excluding tert-OH is 10. The summed E-state index contributed by atoms with van der Waals surface area (Å²) in [6.45, 7) is -3.95. The van der Waals surface area contributed by atoms with Crippen molar-refractivity contribution in [2.24, 2.45) is 0 Å². The fourth-order valence-corrected chi connectivity index (χ4v) is 12.6. The fourth-order valence-electron chi connectivity index (χ4n) is 4.28. The number of rotatable bonds is 20. The number of carboxylic acids is 2. The summed E-state index contributed by atoms with van der Waals surface area (Å²) in [7, 11) is 0. The molecule has 63 heavy (non-hydrogen) atoms. The number of amides is 4. The molecule has 24 nitrogen and oxygen atoms in total. The Morgan fingerprint density at radius 1 is 0.444 bits per heavy atom. The average Bonchev–Trinajstić information content (AvgIpc) is 3.23. The van der Waals surface area contributed by atoms with E-state index in [0.717, 1.165) is 0 Å². The smallest absolute Gasteiger partial charge is 0.314 e. The van der Waals surface area contributed by atoms with Crippen LogP contribution < -0.4 is 32.7 Å². The summed E-state index contributed by atoms with van der Waals surface area (Å²) in [5.41, 5.74) is 12.9. The highest BCUT2D eigenvalue weighted by molar-refractivity contribution is 14.1. The van der Waals surface area contributed by atoms with Gasteiger partial charge in [-0.3, -0.25) is 28.8 Å². The zero-order valence-electron chi connectivity index (χ0n) is 32.1. The van der Waals surface area contributed by atoms with Crippen molar-refractivity contribution in [3.63, 3.8) is 0 Å². The number of anilines is 2. The zero-order valence-corrected chi connectivity index (χ0v) is 45.0. The summed E-state index contributed by atoms with van der Waals surface area (Å²) < 4.78 is 2.15. The van der Waals surface area contributed by atoms with Crippen molar-refractivity contribution in [3.05, 3.63) is 43.7 Å². The van der Waals surface area contributed by atoms with E-state index >= 15 is 0 Å². The molecule has 2 aromatic rings. The zero-order chi connectivity index (χ0) is 49.0. The summed E-state index contributed by atoms with van der Waals surface area (Å²) in [6.07, 6.45) is -5.80. The van der Waals surface area contributed by atoms with Gasteiger partial charge in [0.05, 0.1) is 124 Å². The maximum absolute atomic E-state index is 12.7. The molecule has 2 rings (SSSR count). The van der Waals surface area contributed by atoms with Crippen molar-refractivity contribution < 1.29 is 90.0 Å². The topological polar surface area (TPSA) is 445 Å². The highest BCUT2D eigenvalue weighted by atomic mass is 127. The lowest BCUT2D eigenvalue weighted by molar-refractivity contribution is -0.147. The first-order valence-electron chi connectivity index (χ1n) is 17.2. The molecule has 30 heteroatoms. The Labute approximate surface area is 439 Å². The lowest BCUT2D eigenvalue weighted by atomic mass is 10.1. The van der Waals surface area contributed by atoms with Crippen molar-refractivity contribution in [3.8, 4) is 0 Å². The summed E-state index contributed by atoms with van der Waals surface area (Å²) >= 11 is 11.1. The van der Waals surface area contributed by atoms with Crippen LogP contribution in [0.15, 0.2) is 0 Å². The van der Waals surface area contributed by atoms with E-state index in [9.17, 15) is 59.4 Å². The molecule has 0 aliphatic carbocycles. The summed E-state index contributed by atoms with van der Waals surface area (Å²) in [4.78, 5) is 69.5. The molecule has 0 heterocycles. The molecule has 6 atom stereocenters. The van der Waals surface area contributed by atoms with Gasteiger partial charge in [0.15, 0.2) is 0 Å². The Morgan fingerprint density at radius 3 is 0.921 bits per heavy atom. The normalized spacial score (nSPS) is 13.6. The molecule has 0 bridgehead atoms. The third kappa shape index (κ3) is 19.2. The van der Waals surface area contributed by atoms with Gasteiger partial charge in [-0.25, -0.2) is 0 Å². The van der Waals surface area contributed by atoms with Crippen LogP contribution in [0.2, 0.25) is 0 Å². The van der Waals surface area contributed by atoms with Crippen LogP contribution in [0.25, 0.3) is 0 Å². The van der Waals surface area contributed by atoms with Gasteiger partial charge in [0.1, 0.15) is 6.42 Å². The Kier molecular flexibility index (Phi) is 30.4. The number of carbonyl (C=O) groups excluding carboxylic acids is 4. The Balaban J connectivity index is 0.00000106. The van der Waals surface area contributed by atoms with Crippen LogP contribution in [0.3, 0.4) is 0 Å². The average molecular weight is 1570 g/mol. The minimum atomic E-state index is -1.37. The van der Waals surface area contributed by atoms with Crippen molar-refractivity contribution >= 4 is 182 Å². The van der Waals surface area contributed by atoms with Gasteiger partial charge in [-0.1, -0.05) is 0 Å². The molecule has 2 aromatic carbocycles. The van der Waals surface area contributed by atoms with E-state index in [1.807, 2.05) is 136 Å². The number of nitrogen functional groups attached to an aromatic ring is 2. The number of carboxylic acid groups (broad SMARTS) is 2. The lowest BCUT2D eigenvalue weighted by Gasteiger charge is -2.22. The quantitative estimate of drug-likeness (QED) is 0.0352. The number of nitrogens with two attached hydrogens (primary N) is 2. The number of aliphatic hydroxyl groups is 10. The Morgan fingerprint density at radius 2 is 0.714 bits per heavy atom. The first-order chi connectivity index (χ1) is 29.3. The van der Waals surface area contributed by atoms with Crippen molar-refractivity contribution in [2.45, 2.75) is 42.9 Å². The minimum absolute atomic E-state index is 0.0792. The lowest BCUT2D eigenvalue weighted by Crippen LogP contribution is -2.47. The molecular formula is C33H44I6N6O18. The molecule has 0 aliphatic rings. The standard InChI is InChI=1S/2C15H20I3N3O7.C3H4O4/c2*16-10-8(14(27)20-1-5(25)2-22)11(17)13(19)12(18)9(10)15(28)21-6(3-23)7(26)4-24;4-2(5)1-3(6)7/h2*5-7,22-26H,1-4,19H2,(H,20,27)(H,21,28);1H2,(H,4,5)(H,6,7). The van der Waals surface area contributed by atoms with Crippen LogP contribution >= 0.6 is 136 Å². The monoisotopic (exact) mass is 1570 g/mol. The van der Waals surface area contributed by atoms with E-state index in [-0.39, 0.29) is 53.9 Å². The molecular weight excluding hydrogens is 1530 g/mol. The molecule has 0 spiro atoms. The second-order valence-electron chi connectivity index (χ2n) is 12.3. The van der Waals surface area contributed by atoms with E-state index in [1.54, 1.807) is 0 Å². The largest absolute Gasteiger partial charge is 0.481 e. The fraction of sp³-hybridized carbons (Fsp3) is 0.455. The second kappa shape index (κ2) is 31.0.